The fraction of sp³-hybridized carbons (Fsp3) is 0.400. The molecule has 2 aromatic heterocycles. The molecule has 1 saturated heterocycles. The van der Waals surface area contributed by atoms with Gasteiger partial charge in [-0.3, -0.25) is 4.68 Å². The van der Waals surface area contributed by atoms with Crippen molar-refractivity contribution in [3.8, 4) is 17.3 Å². The van der Waals surface area contributed by atoms with Crippen molar-refractivity contribution < 1.29 is 4.74 Å². The third kappa shape index (κ3) is 1.89. The van der Waals surface area contributed by atoms with E-state index in [0.29, 0.717) is 12.2 Å². The summed E-state index contributed by atoms with van der Waals surface area (Å²) in [5.74, 6) is 0.245. The average Bonchev–Trinajstić information content (AvgIpc) is 3.16. The van der Waals surface area contributed by atoms with Crippen molar-refractivity contribution in [2.45, 2.75) is 18.6 Å². The van der Waals surface area contributed by atoms with Crippen LogP contribution in [-0.4, -0.2) is 34.5 Å². The first-order valence-corrected chi connectivity index (χ1v) is 7.31. The van der Waals surface area contributed by atoms with E-state index in [4.69, 9.17) is 15.7 Å². The summed E-state index contributed by atoms with van der Waals surface area (Å²) in [5, 5.41) is 17.1. The molecular weight excluding hydrogens is 280 g/mol. The number of nitrogen functional groups attached to an aromatic ring is 1. The number of nitrogens with zero attached hydrogens (tertiary/aromatic N) is 4. The molecule has 1 spiro atoms. The normalized spacial score (nSPS) is 23.4. The Morgan fingerprint density at radius 3 is 3.14 bits per heavy atom. The van der Waals surface area contributed by atoms with Crippen LogP contribution in [-0.2, 0) is 16.9 Å². The number of pyridine rings is 1. The van der Waals surface area contributed by atoms with Crippen LogP contribution in [0.4, 0.5) is 5.82 Å². The number of nitrogens with two attached hydrogens (primary N) is 1. The highest BCUT2D eigenvalue weighted by Gasteiger charge is 2.42. The second-order valence-corrected chi connectivity index (χ2v) is 5.68. The molecule has 4 rings (SSSR count). The van der Waals surface area contributed by atoms with Crippen molar-refractivity contribution in [3.63, 3.8) is 0 Å². The van der Waals surface area contributed by atoms with E-state index in [2.05, 4.69) is 21.5 Å². The summed E-state index contributed by atoms with van der Waals surface area (Å²) in [6.07, 6.45) is 2.60. The lowest BCUT2D eigenvalue weighted by atomic mass is 9.96. The maximum Gasteiger partial charge on any atom is 0.141 e. The summed E-state index contributed by atoms with van der Waals surface area (Å²) in [6.45, 7) is 3.16. The van der Waals surface area contributed by atoms with Crippen molar-refractivity contribution in [2.75, 3.05) is 25.4 Å². The van der Waals surface area contributed by atoms with Gasteiger partial charge in [-0.1, -0.05) is 0 Å². The van der Waals surface area contributed by atoms with Crippen molar-refractivity contribution in [2.24, 2.45) is 0 Å². The molecule has 0 aliphatic carbocycles. The monoisotopic (exact) mass is 296 g/mol. The Kier molecular flexibility index (Phi) is 2.89. The fourth-order valence-electron chi connectivity index (χ4n) is 3.21. The smallest absolute Gasteiger partial charge is 0.141 e. The van der Waals surface area contributed by atoms with E-state index in [1.54, 1.807) is 12.3 Å². The summed E-state index contributed by atoms with van der Waals surface area (Å²) in [6, 6.07) is 5.83. The molecule has 7 heteroatoms. The van der Waals surface area contributed by atoms with Crippen molar-refractivity contribution in [1.82, 2.24) is 20.1 Å². The summed E-state index contributed by atoms with van der Waals surface area (Å²) in [5.41, 5.74) is 8.47. The highest BCUT2D eigenvalue weighted by molar-refractivity contribution is 5.64. The molecule has 1 atom stereocenters. The van der Waals surface area contributed by atoms with Crippen LogP contribution in [0.3, 0.4) is 0 Å². The number of nitriles is 1. The zero-order valence-corrected chi connectivity index (χ0v) is 12.0. The van der Waals surface area contributed by atoms with E-state index in [1.807, 2.05) is 10.7 Å². The van der Waals surface area contributed by atoms with E-state index >= 15 is 0 Å². The van der Waals surface area contributed by atoms with Crippen LogP contribution in [0, 0.1) is 11.3 Å². The number of hydrogen-bond donors (Lipinski definition) is 2. The highest BCUT2D eigenvalue weighted by atomic mass is 16.5. The largest absolute Gasteiger partial charge is 0.383 e. The van der Waals surface area contributed by atoms with Gasteiger partial charge >= 0.3 is 0 Å². The van der Waals surface area contributed by atoms with Crippen LogP contribution >= 0.6 is 0 Å². The minimum absolute atomic E-state index is 0.245. The number of hydrogen-bond acceptors (Lipinski definition) is 6. The van der Waals surface area contributed by atoms with Crippen LogP contribution in [0.25, 0.3) is 11.3 Å². The van der Waals surface area contributed by atoms with Gasteiger partial charge in [0.25, 0.3) is 0 Å². The van der Waals surface area contributed by atoms with E-state index in [9.17, 15) is 0 Å². The standard InChI is InChI=1S/C15H16N6O/c16-7-10-5-11(8-19-14(10)17)12-6-13-15(1-2-18-9-15)22-4-3-21(13)20-12/h5-6,8,18H,1-4,9H2,(H2,17,19)/t15-/m1/s1. The Hall–Kier alpha value is -2.43. The van der Waals surface area contributed by atoms with Gasteiger partial charge in [-0.25, -0.2) is 4.98 Å². The topological polar surface area (TPSA) is 102 Å². The van der Waals surface area contributed by atoms with Crippen LogP contribution in [0.5, 0.6) is 0 Å². The average molecular weight is 296 g/mol. The van der Waals surface area contributed by atoms with Gasteiger partial charge in [-0.05, 0) is 25.1 Å². The second kappa shape index (κ2) is 4.80. The Bertz CT molecular complexity index is 769. The fourth-order valence-corrected chi connectivity index (χ4v) is 3.21. The summed E-state index contributed by atoms with van der Waals surface area (Å²) in [7, 11) is 0. The summed E-state index contributed by atoms with van der Waals surface area (Å²) >= 11 is 0. The quantitative estimate of drug-likeness (QED) is 0.800. The molecule has 0 radical (unpaired) electrons. The van der Waals surface area contributed by atoms with Gasteiger partial charge in [-0.2, -0.15) is 10.4 Å². The molecule has 7 nitrogen and oxygen atoms in total. The molecule has 1 fully saturated rings. The predicted molar refractivity (Wildman–Crippen MR) is 79.7 cm³/mol. The van der Waals surface area contributed by atoms with Crippen molar-refractivity contribution >= 4 is 5.82 Å². The molecule has 0 aromatic carbocycles. The zero-order chi connectivity index (χ0) is 15.2. The lowest BCUT2D eigenvalue weighted by Crippen LogP contribution is -2.40. The number of ether oxygens (including phenoxy) is 1. The molecule has 3 N–H and O–H groups in total. The van der Waals surface area contributed by atoms with E-state index in [1.165, 1.54) is 0 Å². The van der Waals surface area contributed by atoms with Gasteiger partial charge < -0.3 is 15.8 Å². The van der Waals surface area contributed by atoms with E-state index in [-0.39, 0.29) is 11.4 Å². The first-order valence-electron chi connectivity index (χ1n) is 7.31. The first kappa shape index (κ1) is 13.2. The molecule has 2 aromatic rings. The Morgan fingerprint density at radius 1 is 1.45 bits per heavy atom. The summed E-state index contributed by atoms with van der Waals surface area (Å²) < 4.78 is 8.06. The van der Waals surface area contributed by atoms with Crippen LogP contribution in [0.1, 0.15) is 17.7 Å². The third-order valence-corrected chi connectivity index (χ3v) is 4.38. The summed E-state index contributed by atoms with van der Waals surface area (Å²) in [4.78, 5) is 4.08. The lowest BCUT2D eigenvalue weighted by molar-refractivity contribution is -0.0657. The predicted octanol–water partition coefficient (Wildman–Crippen LogP) is 0.618. The van der Waals surface area contributed by atoms with Gasteiger partial charge in [0.15, 0.2) is 0 Å². The molecule has 22 heavy (non-hydrogen) atoms. The van der Waals surface area contributed by atoms with Crippen LogP contribution in [0.2, 0.25) is 0 Å². The molecule has 0 saturated carbocycles. The SMILES string of the molecule is N#Cc1cc(-c2cc3n(n2)CCO[C@@]32CCNC2)cnc1N. The molecule has 2 aliphatic heterocycles. The maximum atomic E-state index is 9.10. The Labute approximate surface area is 127 Å². The molecule has 0 amide bonds. The number of fused-ring (bicyclic) bond motifs is 2. The van der Waals surface area contributed by atoms with Crippen molar-refractivity contribution in [1.29, 1.82) is 5.26 Å². The third-order valence-electron chi connectivity index (χ3n) is 4.38. The van der Waals surface area contributed by atoms with Crippen molar-refractivity contribution in [3.05, 3.63) is 29.6 Å². The number of aromatic nitrogens is 3. The number of nitrogens with one attached hydrogen (secondary N) is 1. The molecule has 112 valence electrons. The maximum absolute atomic E-state index is 9.10. The number of anilines is 1. The van der Waals surface area contributed by atoms with Gasteiger partial charge in [0, 0.05) is 18.3 Å². The van der Waals surface area contributed by atoms with Gasteiger partial charge in [0.2, 0.25) is 0 Å². The zero-order valence-electron chi connectivity index (χ0n) is 12.0. The molecular formula is C15H16N6O. The van der Waals surface area contributed by atoms with E-state index < -0.39 is 0 Å². The highest BCUT2D eigenvalue weighted by Crippen LogP contribution is 2.37. The van der Waals surface area contributed by atoms with Gasteiger partial charge in [0.1, 0.15) is 17.5 Å². The molecule has 4 heterocycles. The van der Waals surface area contributed by atoms with Crippen LogP contribution < -0.4 is 11.1 Å². The molecule has 2 aliphatic rings. The van der Waals surface area contributed by atoms with Gasteiger partial charge in [0.05, 0.1) is 30.1 Å². The Balaban J connectivity index is 1.79. The molecule has 0 unspecified atom stereocenters. The minimum Gasteiger partial charge on any atom is -0.383 e. The second-order valence-electron chi connectivity index (χ2n) is 5.68. The minimum atomic E-state index is -0.275. The van der Waals surface area contributed by atoms with E-state index in [0.717, 1.165) is 43.0 Å². The lowest BCUT2D eigenvalue weighted by Gasteiger charge is -2.33. The van der Waals surface area contributed by atoms with Gasteiger partial charge in [-0.15, -0.1) is 0 Å². The number of rotatable bonds is 1. The Morgan fingerprint density at radius 2 is 2.36 bits per heavy atom. The first-order chi connectivity index (χ1) is 10.7. The van der Waals surface area contributed by atoms with Crippen LogP contribution in [0.15, 0.2) is 18.3 Å². The molecule has 0 bridgehead atoms.